The van der Waals surface area contributed by atoms with Gasteiger partial charge in [-0.15, -0.1) is 11.3 Å². The molecule has 5 rings (SSSR count). The third-order valence-electron chi connectivity index (χ3n) is 6.07. The molecule has 4 aromatic rings. The van der Waals surface area contributed by atoms with Crippen molar-refractivity contribution in [3.8, 4) is 11.4 Å². The number of amides is 1. The topological polar surface area (TPSA) is 73.2 Å². The number of halogens is 1. The van der Waals surface area contributed by atoms with E-state index >= 15 is 0 Å². The number of aryl methyl sites for hydroxylation is 1. The average Bonchev–Trinajstić information content (AvgIpc) is 3.20. The number of fused-ring (bicyclic) bond motifs is 3. The van der Waals surface area contributed by atoms with Crippen LogP contribution in [0.1, 0.15) is 23.8 Å². The SMILES string of the molecule is COc1ccc(-n2c(SCC(=O)Nc3cccc(Br)c3)nc3sc4c(c3c2=O)CCC(C)C4)cc1. The second-order valence-electron chi connectivity index (χ2n) is 8.61. The molecule has 2 heterocycles. The van der Waals surface area contributed by atoms with Crippen LogP contribution in [0.25, 0.3) is 15.9 Å². The van der Waals surface area contributed by atoms with E-state index in [9.17, 15) is 9.59 Å². The predicted octanol–water partition coefficient (Wildman–Crippen LogP) is 6.07. The Hall–Kier alpha value is -2.62. The van der Waals surface area contributed by atoms with Crippen LogP contribution in [0.15, 0.2) is 63.0 Å². The maximum Gasteiger partial charge on any atom is 0.267 e. The fourth-order valence-corrected chi connectivity index (χ4v) is 6.96. The molecule has 1 unspecified atom stereocenters. The predicted molar refractivity (Wildman–Crippen MR) is 146 cm³/mol. The van der Waals surface area contributed by atoms with Crippen molar-refractivity contribution >= 4 is 60.8 Å². The summed E-state index contributed by atoms with van der Waals surface area (Å²) in [5, 5.41) is 4.13. The lowest BCUT2D eigenvalue weighted by Gasteiger charge is -2.18. The van der Waals surface area contributed by atoms with E-state index in [4.69, 9.17) is 9.72 Å². The Morgan fingerprint density at radius 2 is 2.09 bits per heavy atom. The fourth-order valence-electron chi connectivity index (χ4n) is 4.32. The number of carbonyl (C=O) groups excluding carboxylic acids is 1. The second-order valence-corrected chi connectivity index (χ2v) is 11.6. The third-order valence-corrected chi connectivity index (χ3v) is 8.65. The smallest absolute Gasteiger partial charge is 0.267 e. The Kier molecular flexibility index (Phi) is 7.00. The van der Waals surface area contributed by atoms with Gasteiger partial charge in [0, 0.05) is 15.0 Å². The van der Waals surface area contributed by atoms with Crippen molar-refractivity contribution < 1.29 is 9.53 Å². The number of methoxy groups -OCH3 is 1. The van der Waals surface area contributed by atoms with E-state index in [2.05, 4.69) is 28.2 Å². The van der Waals surface area contributed by atoms with Crippen molar-refractivity contribution in [2.75, 3.05) is 18.2 Å². The molecule has 1 N–H and O–H groups in total. The zero-order valence-corrected chi connectivity index (χ0v) is 22.6. The van der Waals surface area contributed by atoms with E-state index in [1.807, 2.05) is 48.5 Å². The lowest BCUT2D eigenvalue weighted by Crippen LogP contribution is -2.23. The summed E-state index contributed by atoms with van der Waals surface area (Å²) in [5.74, 6) is 1.28. The van der Waals surface area contributed by atoms with Crippen LogP contribution < -0.4 is 15.6 Å². The minimum atomic E-state index is -0.164. The largest absolute Gasteiger partial charge is 0.497 e. The highest BCUT2D eigenvalue weighted by Crippen LogP contribution is 2.37. The van der Waals surface area contributed by atoms with Crippen LogP contribution in [-0.4, -0.2) is 28.3 Å². The maximum atomic E-state index is 13.9. The number of hydrogen-bond donors (Lipinski definition) is 1. The minimum Gasteiger partial charge on any atom is -0.497 e. The molecule has 180 valence electrons. The van der Waals surface area contributed by atoms with E-state index in [-0.39, 0.29) is 17.2 Å². The van der Waals surface area contributed by atoms with Gasteiger partial charge in [0.1, 0.15) is 10.6 Å². The van der Waals surface area contributed by atoms with E-state index in [1.165, 1.54) is 16.6 Å². The Balaban J connectivity index is 1.53. The molecule has 35 heavy (non-hydrogen) atoms. The van der Waals surface area contributed by atoms with Crippen LogP contribution in [-0.2, 0) is 17.6 Å². The molecule has 1 amide bonds. The number of rotatable bonds is 6. The molecule has 0 radical (unpaired) electrons. The van der Waals surface area contributed by atoms with E-state index < -0.39 is 0 Å². The number of nitrogens with one attached hydrogen (secondary N) is 1. The standard InChI is InChI=1S/C26H24BrN3O3S2/c1-15-6-11-20-21(12-15)35-24-23(20)25(32)30(18-7-9-19(33-2)10-8-18)26(29-24)34-14-22(31)28-17-5-3-4-16(27)13-17/h3-5,7-10,13,15H,6,11-12,14H2,1-2H3,(H,28,31). The first-order chi connectivity index (χ1) is 16.9. The number of hydrogen-bond acceptors (Lipinski definition) is 6. The molecular formula is C26H24BrN3O3S2. The van der Waals surface area contributed by atoms with E-state index in [1.54, 1.807) is 23.0 Å². The minimum absolute atomic E-state index is 0.0814. The van der Waals surface area contributed by atoms with Gasteiger partial charge in [-0.25, -0.2) is 4.98 Å². The summed E-state index contributed by atoms with van der Waals surface area (Å²) in [5.41, 5.74) is 2.47. The van der Waals surface area contributed by atoms with Crippen molar-refractivity contribution in [3.05, 3.63) is 73.8 Å². The van der Waals surface area contributed by atoms with Gasteiger partial charge in [0.05, 0.1) is 23.9 Å². The Labute approximate surface area is 219 Å². The molecule has 1 aliphatic rings. The summed E-state index contributed by atoms with van der Waals surface area (Å²) in [4.78, 5) is 33.5. The third kappa shape index (κ3) is 5.03. The van der Waals surface area contributed by atoms with Crippen LogP contribution >= 0.6 is 39.0 Å². The Morgan fingerprint density at radius 3 is 2.83 bits per heavy atom. The lowest BCUT2D eigenvalue weighted by molar-refractivity contribution is -0.113. The van der Waals surface area contributed by atoms with Crippen LogP contribution in [0.5, 0.6) is 5.75 Å². The van der Waals surface area contributed by atoms with Crippen molar-refractivity contribution in [1.29, 1.82) is 0 Å². The zero-order valence-electron chi connectivity index (χ0n) is 19.3. The highest BCUT2D eigenvalue weighted by atomic mass is 79.9. The molecule has 6 nitrogen and oxygen atoms in total. The number of thiophene rings is 1. The van der Waals surface area contributed by atoms with Gasteiger partial charge in [-0.1, -0.05) is 40.7 Å². The van der Waals surface area contributed by atoms with Gasteiger partial charge in [-0.3, -0.25) is 14.2 Å². The van der Waals surface area contributed by atoms with Gasteiger partial charge in [0.15, 0.2) is 5.16 Å². The molecular weight excluding hydrogens is 546 g/mol. The molecule has 0 saturated heterocycles. The van der Waals surface area contributed by atoms with Crippen LogP contribution in [0.3, 0.4) is 0 Å². The summed E-state index contributed by atoms with van der Waals surface area (Å²) < 4.78 is 7.81. The Bertz CT molecular complexity index is 1460. The lowest BCUT2D eigenvalue weighted by atomic mass is 9.89. The molecule has 2 aromatic carbocycles. The van der Waals surface area contributed by atoms with Crippen LogP contribution in [0.4, 0.5) is 5.69 Å². The van der Waals surface area contributed by atoms with Crippen molar-refractivity contribution in [3.63, 3.8) is 0 Å². The van der Waals surface area contributed by atoms with Crippen molar-refractivity contribution in [1.82, 2.24) is 9.55 Å². The maximum absolute atomic E-state index is 13.9. The molecule has 1 atom stereocenters. The molecule has 1 aliphatic carbocycles. The number of carbonyl (C=O) groups is 1. The first kappa shape index (κ1) is 24.1. The number of nitrogens with zero attached hydrogens (tertiary/aromatic N) is 2. The van der Waals surface area contributed by atoms with Gasteiger partial charge < -0.3 is 10.1 Å². The van der Waals surface area contributed by atoms with Gasteiger partial charge in [0.2, 0.25) is 5.91 Å². The summed E-state index contributed by atoms with van der Waals surface area (Å²) in [6.07, 6.45) is 2.96. The zero-order chi connectivity index (χ0) is 24.5. The second kappa shape index (κ2) is 10.2. The first-order valence-electron chi connectivity index (χ1n) is 11.3. The summed E-state index contributed by atoms with van der Waals surface area (Å²) in [6.45, 7) is 2.25. The normalized spacial score (nSPS) is 15.1. The molecule has 0 spiro atoms. The van der Waals surface area contributed by atoms with Crippen LogP contribution in [0.2, 0.25) is 0 Å². The molecule has 0 saturated carbocycles. The van der Waals surface area contributed by atoms with Crippen molar-refractivity contribution in [2.45, 2.75) is 31.3 Å². The van der Waals surface area contributed by atoms with Gasteiger partial charge in [-0.2, -0.15) is 0 Å². The van der Waals surface area contributed by atoms with Crippen LogP contribution in [0, 0.1) is 5.92 Å². The molecule has 2 aromatic heterocycles. The highest BCUT2D eigenvalue weighted by Gasteiger charge is 2.25. The van der Waals surface area contributed by atoms with E-state index in [0.717, 1.165) is 39.5 Å². The summed E-state index contributed by atoms with van der Waals surface area (Å²) in [6, 6.07) is 14.8. The molecule has 0 fully saturated rings. The molecule has 0 bridgehead atoms. The molecule has 0 aliphatic heterocycles. The molecule has 9 heteroatoms. The first-order valence-corrected chi connectivity index (χ1v) is 13.9. The number of benzene rings is 2. The fraction of sp³-hybridized carbons (Fsp3) is 0.269. The average molecular weight is 571 g/mol. The van der Waals surface area contributed by atoms with E-state index in [0.29, 0.717) is 28.2 Å². The van der Waals surface area contributed by atoms with Gasteiger partial charge in [-0.05, 0) is 73.2 Å². The number of anilines is 1. The number of thioether (sulfide) groups is 1. The van der Waals surface area contributed by atoms with Gasteiger partial charge in [0.25, 0.3) is 5.56 Å². The number of ether oxygens (including phenoxy) is 1. The number of aromatic nitrogens is 2. The summed E-state index contributed by atoms with van der Waals surface area (Å²) >= 11 is 6.30. The highest BCUT2D eigenvalue weighted by molar-refractivity contribution is 9.10. The summed E-state index contributed by atoms with van der Waals surface area (Å²) in [7, 11) is 1.61. The quantitative estimate of drug-likeness (QED) is 0.225. The van der Waals surface area contributed by atoms with Gasteiger partial charge >= 0.3 is 0 Å². The Morgan fingerprint density at radius 1 is 1.29 bits per heavy atom. The monoisotopic (exact) mass is 569 g/mol. The van der Waals surface area contributed by atoms with Crippen molar-refractivity contribution in [2.24, 2.45) is 5.92 Å².